The van der Waals surface area contributed by atoms with Crippen LogP contribution in [-0.2, 0) is 4.79 Å². The van der Waals surface area contributed by atoms with Crippen molar-refractivity contribution in [1.29, 1.82) is 0 Å². The van der Waals surface area contributed by atoms with Crippen LogP contribution in [0.3, 0.4) is 0 Å². The summed E-state index contributed by atoms with van der Waals surface area (Å²) in [7, 11) is 0. The molecule has 1 amide bonds. The zero-order chi connectivity index (χ0) is 19.6. The minimum atomic E-state index is -0.366. The van der Waals surface area contributed by atoms with Gasteiger partial charge in [-0.2, -0.15) is 0 Å². The van der Waals surface area contributed by atoms with Crippen molar-refractivity contribution in [3.05, 3.63) is 47.7 Å². The number of carbonyl (C=O) groups excluding carboxylic acids is 2. The van der Waals surface area contributed by atoms with Crippen LogP contribution >= 0.6 is 0 Å². The van der Waals surface area contributed by atoms with Crippen molar-refractivity contribution < 1.29 is 19.1 Å². The molecule has 1 saturated carbocycles. The molecule has 4 rings (SSSR count). The predicted octanol–water partition coefficient (Wildman–Crippen LogP) is 4.08. The van der Waals surface area contributed by atoms with E-state index in [1.165, 1.54) is 6.42 Å². The second-order valence-electron chi connectivity index (χ2n) is 7.66. The van der Waals surface area contributed by atoms with E-state index in [1.807, 2.05) is 13.0 Å². The fraction of sp³-hybridized carbons (Fsp3) is 0.409. The molecule has 0 atom stereocenters. The number of pyridine rings is 1. The van der Waals surface area contributed by atoms with Crippen molar-refractivity contribution in [3.8, 4) is 11.5 Å². The van der Waals surface area contributed by atoms with E-state index in [2.05, 4.69) is 10.3 Å². The zero-order valence-corrected chi connectivity index (χ0v) is 16.0. The average Bonchev–Trinajstić information content (AvgIpc) is 2.68. The third kappa shape index (κ3) is 4.01. The number of benzene rings is 1. The molecular weight excluding hydrogens is 356 g/mol. The van der Waals surface area contributed by atoms with Gasteiger partial charge in [0.05, 0.1) is 12.0 Å². The van der Waals surface area contributed by atoms with E-state index in [-0.39, 0.29) is 23.9 Å². The minimum absolute atomic E-state index is 0.123. The quantitative estimate of drug-likeness (QED) is 0.865. The van der Waals surface area contributed by atoms with Gasteiger partial charge in [0.25, 0.3) is 5.91 Å². The Balaban J connectivity index is 1.41. The number of amides is 1. The summed E-state index contributed by atoms with van der Waals surface area (Å²) in [5.41, 5.74) is 1.25. The third-order valence-corrected chi connectivity index (χ3v) is 5.38. The van der Waals surface area contributed by atoms with Crippen LogP contribution in [0.5, 0.6) is 11.5 Å². The number of hydrogen-bond acceptors (Lipinski definition) is 5. The first kappa shape index (κ1) is 18.5. The number of nitrogens with one attached hydrogen (secondary N) is 1. The van der Waals surface area contributed by atoms with Crippen LogP contribution in [0.1, 0.15) is 54.4 Å². The molecule has 1 aliphatic heterocycles. The molecule has 1 aromatic heterocycles. The fourth-order valence-corrected chi connectivity index (χ4v) is 3.91. The summed E-state index contributed by atoms with van der Waals surface area (Å²) in [5.74, 6) is 1.38. The molecule has 0 radical (unpaired) electrons. The molecule has 6 nitrogen and oxygen atoms in total. The molecule has 0 saturated heterocycles. The number of Topliss-reactive ketones (excluding diaryl/α,β-unsaturated/α-hetero) is 1. The molecule has 2 heterocycles. The lowest BCUT2D eigenvalue weighted by Crippen LogP contribution is -2.43. The molecule has 2 aliphatic rings. The molecule has 1 aliphatic carbocycles. The van der Waals surface area contributed by atoms with E-state index in [0.717, 1.165) is 31.2 Å². The van der Waals surface area contributed by atoms with Gasteiger partial charge in [-0.3, -0.25) is 9.59 Å². The number of hydrogen-bond donors (Lipinski definition) is 1. The van der Waals surface area contributed by atoms with E-state index < -0.39 is 0 Å². The number of ether oxygens (including phenoxy) is 2. The summed E-state index contributed by atoms with van der Waals surface area (Å²) in [6.45, 7) is 1.79. The van der Waals surface area contributed by atoms with Crippen LogP contribution in [0.25, 0.3) is 0 Å². The van der Waals surface area contributed by atoms with Crippen LogP contribution in [0, 0.1) is 6.92 Å². The molecule has 1 fully saturated rings. The Kier molecular flexibility index (Phi) is 5.03. The van der Waals surface area contributed by atoms with Crippen molar-refractivity contribution in [2.45, 2.75) is 51.0 Å². The highest BCUT2D eigenvalue weighted by Gasteiger charge is 2.41. The van der Waals surface area contributed by atoms with E-state index in [9.17, 15) is 9.59 Å². The Morgan fingerprint density at radius 2 is 2.04 bits per heavy atom. The molecule has 1 N–H and O–H groups in total. The molecule has 0 bridgehead atoms. The van der Waals surface area contributed by atoms with Gasteiger partial charge in [-0.1, -0.05) is 12.5 Å². The second kappa shape index (κ2) is 7.62. The maximum absolute atomic E-state index is 12.6. The van der Waals surface area contributed by atoms with Gasteiger partial charge in [0.2, 0.25) is 0 Å². The summed E-state index contributed by atoms with van der Waals surface area (Å²) in [6.07, 6.45) is 7.34. The lowest BCUT2D eigenvalue weighted by Gasteiger charge is -2.40. The van der Waals surface area contributed by atoms with Crippen LogP contribution in [0.15, 0.2) is 36.5 Å². The number of nitrogens with zero attached hydrogens (tertiary/aromatic N) is 1. The summed E-state index contributed by atoms with van der Waals surface area (Å²) in [5, 5.41) is 2.69. The van der Waals surface area contributed by atoms with Gasteiger partial charge in [-0.25, -0.2) is 4.98 Å². The highest BCUT2D eigenvalue weighted by molar-refractivity contribution is 6.00. The maximum atomic E-state index is 12.6. The Morgan fingerprint density at radius 3 is 2.79 bits per heavy atom. The molecule has 2 aromatic rings. The topological polar surface area (TPSA) is 77.5 Å². The van der Waals surface area contributed by atoms with E-state index >= 15 is 0 Å². The van der Waals surface area contributed by atoms with Crippen molar-refractivity contribution in [3.63, 3.8) is 0 Å². The summed E-state index contributed by atoms with van der Waals surface area (Å²) < 4.78 is 11.9. The molecule has 0 unspecified atom stereocenters. The Bertz CT molecular complexity index is 886. The van der Waals surface area contributed by atoms with Crippen LogP contribution in [0.4, 0.5) is 5.82 Å². The van der Waals surface area contributed by atoms with Crippen LogP contribution in [-0.4, -0.2) is 28.9 Å². The number of aromatic nitrogens is 1. The van der Waals surface area contributed by atoms with Gasteiger partial charge < -0.3 is 14.8 Å². The standard InChI is InChI=1S/C22H24N2O4/c1-15-5-8-20(23-13-15)24-21(26)14-27-16-6-7-17-18(25)12-22(28-19(17)11-16)9-3-2-4-10-22/h5-8,11,13H,2-4,9-10,12,14H2,1H3,(H,23,24,26). The molecule has 1 aromatic carbocycles. The van der Waals surface area contributed by atoms with Gasteiger partial charge in [-0.15, -0.1) is 0 Å². The average molecular weight is 380 g/mol. The Hall–Kier alpha value is -2.89. The van der Waals surface area contributed by atoms with Crippen LogP contribution in [0.2, 0.25) is 0 Å². The van der Waals surface area contributed by atoms with Gasteiger partial charge in [0, 0.05) is 12.3 Å². The second-order valence-corrected chi connectivity index (χ2v) is 7.66. The largest absolute Gasteiger partial charge is 0.486 e. The smallest absolute Gasteiger partial charge is 0.263 e. The molecule has 6 heteroatoms. The Labute approximate surface area is 164 Å². The highest BCUT2D eigenvalue weighted by Crippen LogP contribution is 2.42. The zero-order valence-electron chi connectivity index (χ0n) is 16.0. The monoisotopic (exact) mass is 380 g/mol. The lowest BCUT2D eigenvalue weighted by atomic mass is 9.78. The summed E-state index contributed by atoms with van der Waals surface area (Å²) in [4.78, 5) is 28.8. The van der Waals surface area contributed by atoms with Gasteiger partial charge in [0.1, 0.15) is 22.9 Å². The SMILES string of the molecule is Cc1ccc(NC(=O)COc2ccc3c(c2)OC2(CCCCC2)CC3=O)nc1. The van der Waals surface area contributed by atoms with E-state index in [4.69, 9.17) is 9.47 Å². The predicted molar refractivity (Wildman–Crippen MR) is 105 cm³/mol. The lowest BCUT2D eigenvalue weighted by molar-refractivity contribution is -0.118. The van der Waals surface area contributed by atoms with Gasteiger partial charge in [0.15, 0.2) is 12.4 Å². The first-order valence-corrected chi connectivity index (χ1v) is 9.75. The normalized spacial score (nSPS) is 17.5. The van der Waals surface area contributed by atoms with E-state index in [1.54, 1.807) is 30.5 Å². The Morgan fingerprint density at radius 1 is 1.21 bits per heavy atom. The number of fused-ring (bicyclic) bond motifs is 1. The summed E-state index contributed by atoms with van der Waals surface area (Å²) in [6, 6.07) is 8.77. The number of ketones is 1. The van der Waals surface area contributed by atoms with Crippen LogP contribution < -0.4 is 14.8 Å². The molecular formula is C22H24N2O4. The highest BCUT2D eigenvalue weighted by atomic mass is 16.5. The van der Waals surface area contributed by atoms with Crippen molar-refractivity contribution in [1.82, 2.24) is 4.98 Å². The number of rotatable bonds is 4. The van der Waals surface area contributed by atoms with Gasteiger partial charge in [-0.05, 0) is 56.4 Å². The molecule has 1 spiro atoms. The molecule has 28 heavy (non-hydrogen) atoms. The maximum Gasteiger partial charge on any atom is 0.263 e. The third-order valence-electron chi connectivity index (χ3n) is 5.38. The minimum Gasteiger partial charge on any atom is -0.486 e. The summed E-state index contributed by atoms with van der Waals surface area (Å²) >= 11 is 0. The van der Waals surface area contributed by atoms with Gasteiger partial charge >= 0.3 is 0 Å². The fourth-order valence-electron chi connectivity index (χ4n) is 3.91. The van der Waals surface area contributed by atoms with E-state index in [0.29, 0.717) is 29.3 Å². The first-order valence-electron chi connectivity index (χ1n) is 9.75. The number of aryl methyl sites for hydroxylation is 1. The molecule has 146 valence electrons. The van der Waals surface area contributed by atoms with Crippen molar-refractivity contribution in [2.24, 2.45) is 0 Å². The number of carbonyl (C=O) groups is 2. The number of anilines is 1. The van der Waals surface area contributed by atoms with Crippen molar-refractivity contribution in [2.75, 3.05) is 11.9 Å². The first-order chi connectivity index (χ1) is 13.5. The van der Waals surface area contributed by atoms with Crippen molar-refractivity contribution >= 4 is 17.5 Å².